The number of alkyl halides is 6. The van der Waals surface area contributed by atoms with Gasteiger partial charge < -0.3 is 0 Å². The van der Waals surface area contributed by atoms with Crippen molar-refractivity contribution in [2.45, 2.75) is 68.5 Å². The molecule has 1 unspecified atom stereocenters. The summed E-state index contributed by atoms with van der Waals surface area (Å²) in [5.74, 6) is 0. The lowest BCUT2D eigenvalue weighted by molar-refractivity contribution is 0.567. The van der Waals surface area contributed by atoms with Gasteiger partial charge in [-0.3, -0.25) is 0 Å². The minimum atomic E-state index is -0.366. The molecular weight excluding hydrogens is 624 g/mol. The Morgan fingerprint density at radius 1 is 0.778 bits per heavy atom. The molecule has 0 N–H and O–H groups in total. The van der Waals surface area contributed by atoms with Gasteiger partial charge in [0, 0.05) is 4.83 Å². The van der Waals surface area contributed by atoms with Crippen molar-refractivity contribution in [2.24, 2.45) is 0 Å². The molecule has 0 radical (unpaired) electrons. The van der Waals surface area contributed by atoms with Crippen LogP contribution in [0.25, 0.3) is 0 Å². The molecule has 1 atom stereocenters. The second kappa shape index (κ2) is 10.6. The SMILES string of the molecule is CCCCCCCCCC(Br)C(Br)(Br)C(Br)(Br)Br. The Balaban J connectivity index is 3.74. The zero-order valence-corrected chi connectivity index (χ0v) is 20.0. The molecular formula is C12H20Br6. The first kappa shape index (κ1) is 20.9. The van der Waals surface area contributed by atoms with Crippen LogP contribution in [-0.4, -0.2) is 10.2 Å². The van der Waals surface area contributed by atoms with Crippen LogP contribution in [0.5, 0.6) is 0 Å². The molecule has 0 aromatic rings. The molecule has 0 aromatic heterocycles. The zero-order chi connectivity index (χ0) is 14.2. The Morgan fingerprint density at radius 2 is 1.22 bits per heavy atom. The number of unbranched alkanes of at least 4 members (excludes halogenated alkanes) is 6. The van der Waals surface area contributed by atoms with Gasteiger partial charge in [-0.25, -0.2) is 0 Å². The Bertz CT molecular complexity index is 211. The van der Waals surface area contributed by atoms with Crippen molar-refractivity contribution in [2.75, 3.05) is 0 Å². The largest absolute Gasteiger partial charge is 0.160 e. The summed E-state index contributed by atoms with van der Waals surface area (Å²) >= 11 is 21.8. The maximum atomic E-state index is 3.75. The minimum Gasteiger partial charge on any atom is -0.0865 e. The Labute approximate surface area is 162 Å². The van der Waals surface area contributed by atoms with Crippen molar-refractivity contribution in [3.8, 4) is 0 Å². The summed E-state index contributed by atoms with van der Waals surface area (Å²) in [5, 5.41) is 0. The first-order chi connectivity index (χ1) is 8.23. The van der Waals surface area contributed by atoms with E-state index in [1.165, 1.54) is 44.9 Å². The normalized spacial score (nSPS) is 14.8. The number of hydrogen-bond donors (Lipinski definition) is 0. The van der Waals surface area contributed by atoms with E-state index in [0.717, 1.165) is 6.42 Å². The van der Waals surface area contributed by atoms with Gasteiger partial charge in [0.2, 0.25) is 0 Å². The van der Waals surface area contributed by atoms with Gasteiger partial charge in [0.25, 0.3) is 0 Å². The van der Waals surface area contributed by atoms with Gasteiger partial charge in [-0.05, 0) is 6.42 Å². The number of halogens is 6. The van der Waals surface area contributed by atoms with Gasteiger partial charge in [-0.1, -0.05) is 147 Å². The third kappa shape index (κ3) is 8.35. The second-order valence-corrected chi connectivity index (χ2v) is 15.9. The molecule has 18 heavy (non-hydrogen) atoms. The smallest absolute Gasteiger partial charge is 0.0865 e. The molecule has 6 heteroatoms. The maximum Gasteiger partial charge on any atom is 0.160 e. The molecule has 0 rings (SSSR count). The molecule has 0 aliphatic rings. The van der Waals surface area contributed by atoms with Gasteiger partial charge in [0.05, 0.1) is 0 Å². The van der Waals surface area contributed by atoms with Crippen LogP contribution in [0.4, 0.5) is 0 Å². The Morgan fingerprint density at radius 3 is 1.67 bits per heavy atom. The van der Waals surface area contributed by atoms with Gasteiger partial charge in [0.1, 0.15) is 3.23 Å². The molecule has 0 fully saturated rings. The highest BCUT2D eigenvalue weighted by Gasteiger charge is 2.47. The summed E-state index contributed by atoms with van der Waals surface area (Å²) in [6.45, 7) is 2.26. The van der Waals surface area contributed by atoms with E-state index in [4.69, 9.17) is 0 Å². The van der Waals surface area contributed by atoms with Crippen LogP contribution < -0.4 is 0 Å². The van der Waals surface area contributed by atoms with E-state index >= 15 is 0 Å². The van der Waals surface area contributed by atoms with E-state index in [9.17, 15) is 0 Å². The standard InChI is InChI=1S/C12H20Br6/c1-2-3-4-5-6-7-8-9-10(13)11(14,15)12(16,17)18/h10H,2-9H2,1H3. The van der Waals surface area contributed by atoms with Crippen LogP contribution in [-0.2, 0) is 0 Å². The summed E-state index contributed by atoms with van der Waals surface area (Å²) in [4.78, 5) is 0.332. The van der Waals surface area contributed by atoms with E-state index < -0.39 is 0 Å². The van der Waals surface area contributed by atoms with Crippen LogP contribution in [0.1, 0.15) is 58.3 Å². The van der Waals surface area contributed by atoms with Gasteiger partial charge in [-0.2, -0.15) is 0 Å². The van der Waals surface area contributed by atoms with E-state index in [2.05, 4.69) is 103 Å². The van der Waals surface area contributed by atoms with Gasteiger partial charge in [-0.15, -0.1) is 0 Å². The topological polar surface area (TPSA) is 0 Å². The summed E-state index contributed by atoms with van der Waals surface area (Å²) in [6, 6.07) is 0. The van der Waals surface area contributed by atoms with Crippen molar-refractivity contribution in [3.05, 3.63) is 0 Å². The van der Waals surface area contributed by atoms with E-state index in [1.807, 2.05) is 0 Å². The Kier molecular flexibility index (Phi) is 12.3. The monoisotopic (exact) mass is 638 g/mol. The zero-order valence-electron chi connectivity index (χ0n) is 10.5. The first-order valence-corrected chi connectivity index (χ1v) is 11.2. The quantitative estimate of drug-likeness (QED) is 0.176. The second-order valence-electron chi connectivity index (χ2n) is 4.50. The van der Waals surface area contributed by atoms with Crippen LogP contribution in [0.3, 0.4) is 0 Å². The van der Waals surface area contributed by atoms with Gasteiger partial charge >= 0.3 is 0 Å². The fourth-order valence-corrected chi connectivity index (χ4v) is 4.52. The van der Waals surface area contributed by atoms with E-state index in [0.29, 0.717) is 4.83 Å². The predicted molar refractivity (Wildman–Crippen MR) is 105 cm³/mol. The predicted octanol–water partition coefficient (Wildman–Crippen LogP) is 8.22. The van der Waals surface area contributed by atoms with Crippen molar-refractivity contribution in [1.82, 2.24) is 0 Å². The highest BCUT2D eigenvalue weighted by atomic mass is 80.0. The van der Waals surface area contributed by atoms with Gasteiger partial charge in [0.15, 0.2) is 2.14 Å². The molecule has 0 saturated carbocycles. The first-order valence-electron chi connectivity index (χ1n) is 6.32. The maximum absolute atomic E-state index is 3.75. The molecule has 0 amide bonds. The molecule has 0 aliphatic carbocycles. The lowest BCUT2D eigenvalue weighted by atomic mass is 10.1. The third-order valence-electron chi connectivity index (χ3n) is 2.83. The lowest BCUT2D eigenvalue weighted by Gasteiger charge is -2.34. The summed E-state index contributed by atoms with van der Waals surface area (Å²) in [6.07, 6.45) is 10.5. The molecule has 0 spiro atoms. The van der Waals surface area contributed by atoms with Crippen molar-refractivity contribution in [3.63, 3.8) is 0 Å². The fourth-order valence-electron chi connectivity index (χ4n) is 1.64. The molecule has 110 valence electrons. The number of hydrogen-bond acceptors (Lipinski definition) is 0. The van der Waals surface area contributed by atoms with Crippen molar-refractivity contribution >= 4 is 95.6 Å². The summed E-state index contributed by atoms with van der Waals surface area (Å²) in [7, 11) is 0. The molecule has 0 nitrogen and oxygen atoms in total. The summed E-state index contributed by atoms with van der Waals surface area (Å²) in [5.41, 5.74) is 0. The number of rotatable bonds is 9. The van der Waals surface area contributed by atoms with Crippen LogP contribution in [0.2, 0.25) is 0 Å². The van der Waals surface area contributed by atoms with Crippen LogP contribution in [0.15, 0.2) is 0 Å². The molecule has 0 aliphatic heterocycles. The van der Waals surface area contributed by atoms with Crippen LogP contribution in [0, 0.1) is 0 Å². The molecule has 0 heterocycles. The van der Waals surface area contributed by atoms with Crippen molar-refractivity contribution < 1.29 is 0 Å². The highest BCUT2D eigenvalue weighted by molar-refractivity contribution is 9.41. The third-order valence-corrected chi connectivity index (χ3v) is 12.6. The van der Waals surface area contributed by atoms with E-state index in [-0.39, 0.29) is 5.38 Å². The molecule has 0 bridgehead atoms. The Hall–Kier alpha value is 2.88. The molecule has 0 aromatic carbocycles. The average Bonchev–Trinajstić information content (AvgIpc) is 2.26. The lowest BCUT2D eigenvalue weighted by Crippen LogP contribution is -2.37. The summed E-state index contributed by atoms with van der Waals surface area (Å²) < 4.78 is -0.634. The van der Waals surface area contributed by atoms with Crippen LogP contribution >= 0.6 is 95.6 Å². The molecule has 0 saturated heterocycles. The van der Waals surface area contributed by atoms with Crippen molar-refractivity contribution in [1.29, 1.82) is 0 Å². The average molecular weight is 644 g/mol. The fraction of sp³-hybridized carbons (Fsp3) is 1.00. The highest BCUT2D eigenvalue weighted by Crippen LogP contribution is 2.56. The minimum absolute atomic E-state index is 0.269. The van der Waals surface area contributed by atoms with E-state index in [1.54, 1.807) is 0 Å².